The number of benzene rings is 2. The molecule has 4 rings (SSSR count). The largest absolute Gasteiger partial charge is 0.494 e. The van der Waals surface area contributed by atoms with Gasteiger partial charge in [-0.3, -0.25) is 0 Å². The predicted octanol–water partition coefficient (Wildman–Crippen LogP) is 3.13. The van der Waals surface area contributed by atoms with Crippen molar-refractivity contribution >= 4 is 28.1 Å². The van der Waals surface area contributed by atoms with Crippen LogP contribution in [0.4, 0.5) is 11.6 Å². The fourth-order valence-electron chi connectivity index (χ4n) is 3.18. The molecule has 0 aliphatic rings. The van der Waals surface area contributed by atoms with Gasteiger partial charge in [-0.2, -0.15) is 9.61 Å². The van der Waals surface area contributed by atoms with Gasteiger partial charge < -0.3 is 15.4 Å². The summed E-state index contributed by atoms with van der Waals surface area (Å²) in [6.07, 6.45) is 0.736. The molecule has 26 heavy (non-hydrogen) atoms. The number of rotatable bonds is 4. The Labute approximate surface area is 151 Å². The van der Waals surface area contributed by atoms with Gasteiger partial charge in [0.15, 0.2) is 0 Å². The van der Waals surface area contributed by atoms with E-state index in [2.05, 4.69) is 45.3 Å². The van der Waals surface area contributed by atoms with Crippen LogP contribution in [0.25, 0.3) is 16.4 Å². The van der Waals surface area contributed by atoms with E-state index in [1.807, 2.05) is 32.3 Å². The number of hydrogen-bond acceptors (Lipinski definition) is 5. The highest BCUT2D eigenvalue weighted by atomic mass is 16.5. The summed E-state index contributed by atoms with van der Waals surface area (Å²) in [6.45, 7) is 0. The summed E-state index contributed by atoms with van der Waals surface area (Å²) >= 11 is 0. The van der Waals surface area contributed by atoms with Crippen LogP contribution in [0.2, 0.25) is 0 Å². The van der Waals surface area contributed by atoms with E-state index in [9.17, 15) is 0 Å². The highest BCUT2D eigenvalue weighted by molar-refractivity contribution is 5.97. The Balaban J connectivity index is 1.77. The Bertz CT molecular complexity index is 1080. The molecule has 2 aromatic carbocycles. The van der Waals surface area contributed by atoms with Crippen LogP contribution >= 0.6 is 0 Å². The predicted molar refractivity (Wildman–Crippen MR) is 105 cm³/mol. The number of para-hydroxylation sites is 1. The average molecular weight is 347 g/mol. The minimum atomic E-state index is 0.353. The first kappa shape index (κ1) is 16.2. The zero-order valence-electron chi connectivity index (χ0n) is 15.1. The van der Waals surface area contributed by atoms with Gasteiger partial charge in [-0.15, -0.1) is 0 Å². The number of hydrogen-bond donors (Lipinski definition) is 1. The maximum absolute atomic E-state index is 6.13. The number of methoxy groups -OCH3 is 1. The fourth-order valence-corrected chi connectivity index (χ4v) is 3.18. The van der Waals surface area contributed by atoms with Crippen molar-refractivity contribution in [2.45, 2.75) is 6.42 Å². The third kappa shape index (κ3) is 2.69. The monoisotopic (exact) mass is 347 g/mol. The fraction of sp³-hybridized carbons (Fsp3) is 0.200. The molecule has 132 valence electrons. The van der Waals surface area contributed by atoms with Crippen LogP contribution in [0.5, 0.6) is 5.75 Å². The molecule has 0 radical (unpaired) electrons. The van der Waals surface area contributed by atoms with E-state index in [1.54, 1.807) is 11.6 Å². The number of ether oxygens (including phenoxy) is 1. The molecule has 0 fully saturated rings. The van der Waals surface area contributed by atoms with Crippen LogP contribution < -0.4 is 15.4 Å². The van der Waals surface area contributed by atoms with E-state index in [1.165, 1.54) is 11.3 Å². The van der Waals surface area contributed by atoms with E-state index >= 15 is 0 Å². The summed E-state index contributed by atoms with van der Waals surface area (Å²) in [5.74, 6) is 1.06. The zero-order chi connectivity index (χ0) is 18.3. The van der Waals surface area contributed by atoms with Gasteiger partial charge >= 0.3 is 0 Å². The van der Waals surface area contributed by atoms with Crippen LogP contribution in [-0.4, -0.2) is 35.8 Å². The third-order valence-electron chi connectivity index (χ3n) is 4.54. The maximum Gasteiger partial charge on any atom is 0.222 e. The number of nitrogen functional groups attached to an aromatic ring is 1. The van der Waals surface area contributed by atoms with E-state index in [0.717, 1.165) is 28.5 Å². The van der Waals surface area contributed by atoms with E-state index in [-0.39, 0.29) is 0 Å². The molecule has 0 bridgehead atoms. The molecule has 0 amide bonds. The molecule has 0 saturated carbocycles. The summed E-state index contributed by atoms with van der Waals surface area (Å²) in [5, 5.41) is 5.62. The molecule has 2 aromatic heterocycles. The minimum absolute atomic E-state index is 0.353. The number of nitrogens with zero attached hydrogens (tertiary/aromatic N) is 4. The Morgan fingerprint density at radius 1 is 1.12 bits per heavy atom. The van der Waals surface area contributed by atoms with E-state index < -0.39 is 0 Å². The standard InChI is InChI=1S/C20H21N5O/c1-24(2)15-9-7-13(8-10-15)11-14-12-17-16-5-4-6-18(26-3)19(16)22-20(21)25(17)23-14/h4-10,12H,11H2,1-3H3,(H2,21,22). The Morgan fingerprint density at radius 2 is 1.88 bits per heavy atom. The molecular formula is C20H21N5O. The second kappa shape index (κ2) is 6.22. The highest BCUT2D eigenvalue weighted by Gasteiger charge is 2.13. The van der Waals surface area contributed by atoms with Gasteiger partial charge in [-0.25, -0.2) is 4.98 Å². The summed E-state index contributed by atoms with van der Waals surface area (Å²) in [4.78, 5) is 6.56. The molecule has 6 nitrogen and oxygen atoms in total. The Kier molecular flexibility index (Phi) is 3.88. The summed E-state index contributed by atoms with van der Waals surface area (Å²) in [5.41, 5.74) is 11.2. The number of fused-ring (bicyclic) bond motifs is 3. The van der Waals surface area contributed by atoms with Crippen molar-refractivity contribution in [3.8, 4) is 5.75 Å². The number of anilines is 2. The first-order valence-electron chi connectivity index (χ1n) is 8.44. The van der Waals surface area contributed by atoms with Crippen LogP contribution in [0.3, 0.4) is 0 Å². The van der Waals surface area contributed by atoms with Crippen LogP contribution in [0.15, 0.2) is 48.5 Å². The minimum Gasteiger partial charge on any atom is -0.494 e. The summed E-state index contributed by atoms with van der Waals surface area (Å²) < 4.78 is 7.11. The Hall–Kier alpha value is -3.28. The van der Waals surface area contributed by atoms with Gasteiger partial charge in [-0.05, 0) is 29.8 Å². The van der Waals surface area contributed by atoms with Crippen LogP contribution in [-0.2, 0) is 6.42 Å². The molecule has 0 atom stereocenters. The molecule has 0 aliphatic carbocycles. The lowest BCUT2D eigenvalue weighted by Crippen LogP contribution is -2.08. The maximum atomic E-state index is 6.13. The quantitative estimate of drug-likeness (QED) is 0.614. The number of aromatic nitrogens is 3. The van der Waals surface area contributed by atoms with Gasteiger partial charge in [0.25, 0.3) is 0 Å². The van der Waals surface area contributed by atoms with E-state index in [4.69, 9.17) is 10.5 Å². The first-order chi connectivity index (χ1) is 12.6. The molecule has 0 spiro atoms. The van der Waals surface area contributed by atoms with E-state index in [0.29, 0.717) is 11.7 Å². The normalized spacial score (nSPS) is 11.2. The molecule has 2 heterocycles. The third-order valence-corrected chi connectivity index (χ3v) is 4.54. The van der Waals surface area contributed by atoms with Crippen LogP contribution in [0.1, 0.15) is 11.3 Å². The van der Waals surface area contributed by atoms with Crippen molar-refractivity contribution in [2.24, 2.45) is 0 Å². The van der Waals surface area contributed by atoms with Crippen LogP contribution in [0, 0.1) is 0 Å². The summed E-state index contributed by atoms with van der Waals surface area (Å²) in [6, 6.07) is 16.4. The first-order valence-corrected chi connectivity index (χ1v) is 8.44. The molecule has 0 saturated heterocycles. The molecule has 4 aromatic rings. The zero-order valence-corrected chi connectivity index (χ0v) is 15.1. The summed E-state index contributed by atoms with van der Waals surface area (Å²) in [7, 11) is 5.70. The Morgan fingerprint density at radius 3 is 2.58 bits per heavy atom. The molecular weight excluding hydrogens is 326 g/mol. The van der Waals surface area contributed by atoms with Crippen molar-refractivity contribution < 1.29 is 4.74 Å². The van der Waals surface area contributed by atoms with Crippen molar-refractivity contribution in [1.29, 1.82) is 0 Å². The molecule has 2 N–H and O–H groups in total. The van der Waals surface area contributed by atoms with Gasteiger partial charge in [0.2, 0.25) is 5.95 Å². The van der Waals surface area contributed by atoms with Gasteiger partial charge in [0.05, 0.1) is 18.3 Å². The topological polar surface area (TPSA) is 68.7 Å². The van der Waals surface area contributed by atoms with Gasteiger partial charge in [-0.1, -0.05) is 24.3 Å². The average Bonchev–Trinajstić information content (AvgIpc) is 3.06. The second-order valence-electron chi connectivity index (χ2n) is 6.50. The molecule has 6 heteroatoms. The SMILES string of the molecule is COc1cccc2c1nc(N)n1nc(Cc3ccc(N(C)C)cc3)cc21. The second-order valence-corrected chi connectivity index (χ2v) is 6.50. The molecule has 0 unspecified atom stereocenters. The highest BCUT2D eigenvalue weighted by Crippen LogP contribution is 2.29. The van der Waals surface area contributed by atoms with Gasteiger partial charge in [0.1, 0.15) is 11.3 Å². The van der Waals surface area contributed by atoms with Crippen molar-refractivity contribution in [3.05, 3.63) is 59.8 Å². The van der Waals surface area contributed by atoms with Crippen molar-refractivity contribution in [2.75, 3.05) is 31.8 Å². The molecule has 0 aliphatic heterocycles. The lowest BCUT2D eigenvalue weighted by atomic mass is 10.1. The number of nitrogens with two attached hydrogens (primary N) is 1. The smallest absolute Gasteiger partial charge is 0.222 e. The lowest BCUT2D eigenvalue weighted by molar-refractivity contribution is 0.419. The van der Waals surface area contributed by atoms with Crippen molar-refractivity contribution in [1.82, 2.24) is 14.6 Å². The van der Waals surface area contributed by atoms with Crippen molar-refractivity contribution in [3.63, 3.8) is 0 Å². The van der Waals surface area contributed by atoms with Gasteiger partial charge in [0, 0.05) is 31.6 Å². The lowest BCUT2D eigenvalue weighted by Gasteiger charge is -2.12.